The Hall–Kier alpha value is -1.01. The third-order valence-electron chi connectivity index (χ3n) is 4.21. The van der Waals surface area contributed by atoms with Gasteiger partial charge in [0.1, 0.15) is 0 Å². The van der Waals surface area contributed by atoms with E-state index < -0.39 is 0 Å². The Balaban J connectivity index is 1.75. The molecule has 2 rings (SSSR count). The van der Waals surface area contributed by atoms with E-state index in [4.69, 9.17) is 0 Å². The number of hydrogen-bond acceptors (Lipinski definition) is 3. The highest BCUT2D eigenvalue weighted by molar-refractivity contribution is 9.10. The monoisotopic (exact) mass is 398 g/mol. The molecule has 0 spiro atoms. The van der Waals surface area contributed by atoms with E-state index in [-0.39, 0.29) is 17.4 Å². The van der Waals surface area contributed by atoms with Crippen LogP contribution in [0.3, 0.4) is 0 Å². The summed E-state index contributed by atoms with van der Waals surface area (Å²) < 4.78 is 1.06. The summed E-state index contributed by atoms with van der Waals surface area (Å²) in [5.41, 5.74) is 1.02. The van der Waals surface area contributed by atoms with Crippen molar-refractivity contribution in [2.75, 3.05) is 12.8 Å². The van der Waals surface area contributed by atoms with Gasteiger partial charge >= 0.3 is 0 Å². The van der Waals surface area contributed by atoms with Gasteiger partial charge in [-0.15, -0.1) is 11.8 Å². The number of benzene rings is 1. The minimum atomic E-state index is -0.218. The molecule has 126 valence electrons. The summed E-state index contributed by atoms with van der Waals surface area (Å²) in [5, 5.41) is 5.94. The maximum atomic E-state index is 12.0. The van der Waals surface area contributed by atoms with E-state index >= 15 is 0 Å². The van der Waals surface area contributed by atoms with Crippen LogP contribution in [0.5, 0.6) is 0 Å². The van der Waals surface area contributed by atoms with Crippen LogP contribution < -0.4 is 10.6 Å². The number of carbonyl (C=O) groups is 2. The molecule has 1 aromatic rings. The fourth-order valence-corrected chi connectivity index (χ4v) is 3.83. The van der Waals surface area contributed by atoms with Crippen LogP contribution in [0.4, 0.5) is 0 Å². The zero-order valence-electron chi connectivity index (χ0n) is 13.6. The Bertz CT molecular complexity index is 594. The van der Waals surface area contributed by atoms with Crippen LogP contribution in [0.1, 0.15) is 38.2 Å². The summed E-state index contributed by atoms with van der Waals surface area (Å²) in [5.74, 6) is 0.139. The van der Waals surface area contributed by atoms with Crippen molar-refractivity contribution in [2.24, 2.45) is 0 Å². The summed E-state index contributed by atoms with van der Waals surface area (Å²) in [6, 6.07) is 6.23. The predicted molar refractivity (Wildman–Crippen MR) is 97.7 cm³/mol. The van der Waals surface area contributed by atoms with Crippen molar-refractivity contribution >= 4 is 39.5 Å². The van der Waals surface area contributed by atoms with Crippen molar-refractivity contribution in [3.63, 3.8) is 0 Å². The highest BCUT2D eigenvalue weighted by Crippen LogP contribution is 2.25. The van der Waals surface area contributed by atoms with Crippen molar-refractivity contribution in [2.45, 2.75) is 49.5 Å². The number of halogens is 1. The number of thioether (sulfide) groups is 1. The molecular formula is C17H23BrN2O2S. The topological polar surface area (TPSA) is 58.2 Å². The lowest BCUT2D eigenvalue weighted by atomic mass is 9.94. The standard InChI is InChI=1S/C17H23BrN2O2S/c1-17(9-6-16(22)20-17)8-5-15(21)19-10-7-12-11-13(18)3-4-14(12)23-2/h3-4,11H,5-10H2,1-2H3,(H,19,21)(H,20,22). The minimum absolute atomic E-state index is 0.0491. The van der Waals surface area contributed by atoms with Crippen molar-refractivity contribution in [3.8, 4) is 0 Å². The van der Waals surface area contributed by atoms with Crippen LogP contribution in [0.2, 0.25) is 0 Å². The molecule has 4 nitrogen and oxygen atoms in total. The van der Waals surface area contributed by atoms with Crippen molar-refractivity contribution in [1.82, 2.24) is 10.6 Å². The molecule has 1 saturated heterocycles. The second-order valence-electron chi connectivity index (χ2n) is 6.16. The van der Waals surface area contributed by atoms with Gasteiger partial charge in [0.2, 0.25) is 11.8 Å². The molecule has 6 heteroatoms. The Labute approximate surface area is 150 Å². The first-order valence-electron chi connectivity index (χ1n) is 7.82. The Morgan fingerprint density at radius 3 is 2.91 bits per heavy atom. The number of amides is 2. The molecule has 2 amide bonds. The smallest absolute Gasteiger partial charge is 0.220 e. The number of nitrogens with one attached hydrogen (secondary N) is 2. The zero-order valence-corrected chi connectivity index (χ0v) is 16.0. The van der Waals surface area contributed by atoms with E-state index in [9.17, 15) is 9.59 Å². The van der Waals surface area contributed by atoms with Crippen LogP contribution in [-0.4, -0.2) is 30.2 Å². The minimum Gasteiger partial charge on any atom is -0.356 e. The van der Waals surface area contributed by atoms with Crippen molar-refractivity contribution in [3.05, 3.63) is 28.2 Å². The van der Waals surface area contributed by atoms with Gasteiger partial charge in [0.15, 0.2) is 0 Å². The van der Waals surface area contributed by atoms with Gasteiger partial charge in [-0.2, -0.15) is 0 Å². The zero-order chi connectivity index (χ0) is 16.9. The van der Waals surface area contributed by atoms with E-state index in [1.54, 1.807) is 11.8 Å². The average molecular weight is 399 g/mol. The number of hydrogen-bond donors (Lipinski definition) is 2. The van der Waals surface area contributed by atoms with Crippen LogP contribution >= 0.6 is 27.7 Å². The predicted octanol–water partition coefficient (Wildman–Crippen LogP) is 3.28. The summed E-state index contributed by atoms with van der Waals surface area (Å²) in [4.78, 5) is 24.5. The van der Waals surface area contributed by atoms with Gasteiger partial charge in [0, 0.05) is 34.3 Å². The molecule has 1 aliphatic heterocycles. The maximum absolute atomic E-state index is 12.0. The third kappa shape index (κ3) is 5.53. The maximum Gasteiger partial charge on any atom is 0.220 e. The molecule has 0 bridgehead atoms. The summed E-state index contributed by atoms with van der Waals surface area (Å²) >= 11 is 5.20. The van der Waals surface area contributed by atoms with E-state index in [1.165, 1.54) is 10.5 Å². The molecular weight excluding hydrogens is 376 g/mol. The second-order valence-corrected chi connectivity index (χ2v) is 7.93. The Kier molecular flexibility index (Phi) is 6.53. The van der Waals surface area contributed by atoms with E-state index in [0.29, 0.717) is 25.8 Å². The lowest BCUT2D eigenvalue weighted by molar-refractivity contribution is -0.122. The molecule has 1 unspecified atom stereocenters. The van der Waals surface area contributed by atoms with Crippen LogP contribution in [0.25, 0.3) is 0 Å². The lowest BCUT2D eigenvalue weighted by Crippen LogP contribution is -2.39. The van der Waals surface area contributed by atoms with Crippen molar-refractivity contribution < 1.29 is 9.59 Å². The quantitative estimate of drug-likeness (QED) is 0.692. The van der Waals surface area contributed by atoms with Gasteiger partial charge in [-0.3, -0.25) is 9.59 Å². The van der Waals surface area contributed by atoms with Gasteiger partial charge in [-0.25, -0.2) is 0 Å². The molecule has 0 radical (unpaired) electrons. The molecule has 0 aliphatic carbocycles. The van der Waals surface area contributed by atoms with E-state index in [2.05, 4.69) is 45.0 Å². The lowest BCUT2D eigenvalue weighted by Gasteiger charge is -2.23. The average Bonchev–Trinajstić information content (AvgIpc) is 2.85. The summed E-state index contributed by atoms with van der Waals surface area (Å²) in [7, 11) is 0. The largest absolute Gasteiger partial charge is 0.356 e. The second kappa shape index (κ2) is 8.20. The Morgan fingerprint density at radius 2 is 2.26 bits per heavy atom. The van der Waals surface area contributed by atoms with Gasteiger partial charge in [0.05, 0.1) is 0 Å². The highest BCUT2D eigenvalue weighted by atomic mass is 79.9. The molecule has 1 heterocycles. The summed E-state index contributed by atoms with van der Waals surface area (Å²) in [6.07, 6.45) is 5.39. The van der Waals surface area contributed by atoms with Crippen LogP contribution in [-0.2, 0) is 16.0 Å². The molecule has 1 aliphatic rings. The first-order chi connectivity index (χ1) is 10.9. The van der Waals surface area contributed by atoms with Gasteiger partial charge in [-0.05, 0) is 56.2 Å². The van der Waals surface area contributed by atoms with Gasteiger partial charge in [0.25, 0.3) is 0 Å². The first kappa shape index (κ1) is 18.3. The first-order valence-corrected chi connectivity index (χ1v) is 9.84. The fraction of sp³-hybridized carbons (Fsp3) is 0.529. The number of rotatable bonds is 7. The van der Waals surface area contributed by atoms with E-state index in [0.717, 1.165) is 17.3 Å². The fourth-order valence-electron chi connectivity index (χ4n) is 2.80. The number of carbonyl (C=O) groups excluding carboxylic acids is 2. The van der Waals surface area contributed by atoms with Crippen LogP contribution in [0, 0.1) is 0 Å². The normalized spacial score (nSPS) is 20.4. The SMILES string of the molecule is CSc1ccc(Br)cc1CCNC(=O)CCC1(C)CCC(=O)N1. The van der Waals surface area contributed by atoms with Crippen molar-refractivity contribution in [1.29, 1.82) is 0 Å². The van der Waals surface area contributed by atoms with E-state index in [1.807, 2.05) is 13.0 Å². The molecule has 1 aromatic carbocycles. The molecule has 0 saturated carbocycles. The highest BCUT2D eigenvalue weighted by Gasteiger charge is 2.32. The molecule has 23 heavy (non-hydrogen) atoms. The Morgan fingerprint density at radius 1 is 1.48 bits per heavy atom. The molecule has 1 atom stereocenters. The summed E-state index contributed by atoms with van der Waals surface area (Å²) in [6.45, 7) is 2.64. The van der Waals surface area contributed by atoms with Gasteiger partial charge < -0.3 is 10.6 Å². The third-order valence-corrected chi connectivity index (χ3v) is 5.54. The van der Waals surface area contributed by atoms with Crippen LogP contribution in [0.15, 0.2) is 27.6 Å². The van der Waals surface area contributed by atoms with Gasteiger partial charge in [-0.1, -0.05) is 15.9 Å². The molecule has 1 fully saturated rings. The molecule has 0 aromatic heterocycles. The molecule has 2 N–H and O–H groups in total.